The summed E-state index contributed by atoms with van der Waals surface area (Å²) in [6.07, 6.45) is 0.935. The summed E-state index contributed by atoms with van der Waals surface area (Å²) in [7, 11) is 0. The number of aromatic nitrogens is 2. The normalized spacial score (nSPS) is 13.3. The zero-order valence-electron chi connectivity index (χ0n) is 27.4. The first-order valence-electron chi connectivity index (χ1n) is 17.3. The SMILES string of the molecule is c1ccc(-c2ccc(-c3cc(-c4ccc5c(c4)C4(c6ccccc6Cc6ccccc64)c4ccccc4-5)nc(-c4ccccc4)n3)cc2)cc1. The van der Waals surface area contributed by atoms with Crippen LogP contribution in [0.1, 0.15) is 33.4 Å². The van der Waals surface area contributed by atoms with E-state index in [1.807, 2.05) is 18.2 Å². The maximum atomic E-state index is 5.25. The van der Waals surface area contributed by atoms with Crippen LogP contribution in [0.4, 0.5) is 0 Å². The number of nitrogens with zero attached hydrogens (tertiary/aromatic N) is 2. The van der Waals surface area contributed by atoms with Crippen molar-refractivity contribution in [3.05, 3.63) is 215 Å². The van der Waals surface area contributed by atoms with Crippen LogP contribution in [0.25, 0.3) is 56.2 Å². The van der Waals surface area contributed by atoms with Crippen molar-refractivity contribution in [2.24, 2.45) is 0 Å². The van der Waals surface area contributed by atoms with Crippen LogP contribution in [-0.2, 0) is 11.8 Å². The lowest BCUT2D eigenvalue weighted by atomic mass is 9.61. The van der Waals surface area contributed by atoms with E-state index in [0.717, 1.165) is 40.3 Å². The molecule has 0 fully saturated rings. The monoisotopic (exact) mass is 636 g/mol. The molecule has 1 spiro atoms. The predicted molar refractivity (Wildman–Crippen MR) is 204 cm³/mol. The van der Waals surface area contributed by atoms with Gasteiger partial charge in [0.2, 0.25) is 0 Å². The molecule has 2 aliphatic carbocycles. The minimum absolute atomic E-state index is 0.418. The summed E-state index contributed by atoms with van der Waals surface area (Å²) in [4.78, 5) is 10.4. The molecular weight excluding hydrogens is 605 g/mol. The summed E-state index contributed by atoms with van der Waals surface area (Å²) in [6.45, 7) is 0. The van der Waals surface area contributed by atoms with Gasteiger partial charge in [0.1, 0.15) is 0 Å². The molecule has 2 nitrogen and oxygen atoms in total. The van der Waals surface area contributed by atoms with Crippen LogP contribution in [0.5, 0.6) is 0 Å². The largest absolute Gasteiger partial charge is 0.228 e. The number of fused-ring (bicyclic) bond motifs is 9. The van der Waals surface area contributed by atoms with Crippen LogP contribution < -0.4 is 0 Å². The van der Waals surface area contributed by atoms with Gasteiger partial charge in [0.15, 0.2) is 5.82 Å². The van der Waals surface area contributed by atoms with Crippen molar-refractivity contribution in [1.29, 1.82) is 0 Å². The lowest BCUT2D eigenvalue weighted by Crippen LogP contribution is -2.34. The molecule has 0 N–H and O–H groups in total. The molecule has 50 heavy (non-hydrogen) atoms. The van der Waals surface area contributed by atoms with Crippen molar-refractivity contribution in [2.45, 2.75) is 11.8 Å². The van der Waals surface area contributed by atoms with Gasteiger partial charge in [-0.1, -0.05) is 170 Å². The van der Waals surface area contributed by atoms with Crippen LogP contribution in [0.15, 0.2) is 182 Å². The third kappa shape index (κ3) is 4.35. The Balaban J connectivity index is 1.19. The molecule has 0 unspecified atom stereocenters. The molecule has 0 radical (unpaired) electrons. The first-order chi connectivity index (χ1) is 24.8. The van der Waals surface area contributed by atoms with Gasteiger partial charge in [-0.05, 0) is 74.2 Å². The van der Waals surface area contributed by atoms with E-state index in [-0.39, 0.29) is 0 Å². The molecule has 0 amide bonds. The van der Waals surface area contributed by atoms with Gasteiger partial charge in [-0.2, -0.15) is 0 Å². The van der Waals surface area contributed by atoms with E-state index < -0.39 is 5.41 Å². The Kier molecular flexibility index (Phi) is 6.50. The lowest BCUT2D eigenvalue weighted by Gasteiger charge is -2.40. The van der Waals surface area contributed by atoms with E-state index in [4.69, 9.17) is 9.97 Å². The van der Waals surface area contributed by atoms with Gasteiger partial charge < -0.3 is 0 Å². The maximum Gasteiger partial charge on any atom is 0.160 e. The lowest BCUT2D eigenvalue weighted by molar-refractivity contribution is 0.722. The second-order valence-electron chi connectivity index (χ2n) is 13.3. The van der Waals surface area contributed by atoms with Crippen LogP contribution in [0.2, 0.25) is 0 Å². The first-order valence-corrected chi connectivity index (χ1v) is 17.3. The number of benzene rings is 7. The molecular formula is C48H32N2. The topological polar surface area (TPSA) is 25.8 Å². The highest BCUT2D eigenvalue weighted by Gasteiger charge is 2.49. The van der Waals surface area contributed by atoms with E-state index in [1.165, 1.54) is 55.6 Å². The highest BCUT2D eigenvalue weighted by Crippen LogP contribution is 2.59. The summed E-state index contributed by atoms with van der Waals surface area (Å²) < 4.78 is 0. The van der Waals surface area contributed by atoms with Crippen molar-refractivity contribution in [3.63, 3.8) is 0 Å². The van der Waals surface area contributed by atoms with E-state index in [0.29, 0.717) is 0 Å². The Bertz CT molecular complexity index is 2500. The van der Waals surface area contributed by atoms with Crippen molar-refractivity contribution in [1.82, 2.24) is 9.97 Å². The highest BCUT2D eigenvalue weighted by molar-refractivity contribution is 5.89. The van der Waals surface area contributed by atoms with Crippen LogP contribution in [0.3, 0.4) is 0 Å². The minimum atomic E-state index is -0.418. The van der Waals surface area contributed by atoms with E-state index in [2.05, 4.69) is 164 Å². The van der Waals surface area contributed by atoms with Crippen LogP contribution in [-0.4, -0.2) is 9.97 Å². The van der Waals surface area contributed by atoms with Gasteiger partial charge in [-0.3, -0.25) is 0 Å². The number of rotatable bonds is 4. The van der Waals surface area contributed by atoms with Gasteiger partial charge >= 0.3 is 0 Å². The van der Waals surface area contributed by atoms with Gasteiger partial charge in [-0.15, -0.1) is 0 Å². The Morgan fingerprint density at radius 1 is 0.340 bits per heavy atom. The fraction of sp³-hybridized carbons (Fsp3) is 0.0417. The molecule has 1 heterocycles. The van der Waals surface area contributed by atoms with Crippen molar-refractivity contribution < 1.29 is 0 Å². The standard InChI is InChI=1S/C48H32N2/c1-3-13-32(14-4-1)33-23-25-34(26-24-33)45-31-46(50-47(49-45)35-15-5-2-6-16-35)38-27-28-40-39-19-9-12-22-43(39)48(44(40)30-38)41-20-10-7-17-36(41)29-37-18-8-11-21-42(37)48/h1-28,30-31H,29H2. The van der Waals surface area contributed by atoms with E-state index >= 15 is 0 Å². The van der Waals surface area contributed by atoms with Gasteiger partial charge in [0, 0.05) is 16.7 Å². The molecule has 10 rings (SSSR count). The second-order valence-corrected chi connectivity index (χ2v) is 13.3. The molecule has 234 valence electrons. The molecule has 0 atom stereocenters. The zero-order chi connectivity index (χ0) is 33.1. The second kappa shape index (κ2) is 11.4. The fourth-order valence-electron chi connectivity index (χ4n) is 8.37. The molecule has 0 bridgehead atoms. The summed E-state index contributed by atoms with van der Waals surface area (Å²) in [5.41, 5.74) is 17.7. The summed E-state index contributed by atoms with van der Waals surface area (Å²) in [6, 6.07) is 65.7. The summed E-state index contributed by atoms with van der Waals surface area (Å²) in [5.74, 6) is 0.720. The Labute approximate surface area is 292 Å². The molecule has 0 saturated carbocycles. The fourth-order valence-corrected chi connectivity index (χ4v) is 8.37. The van der Waals surface area contributed by atoms with E-state index in [9.17, 15) is 0 Å². The van der Waals surface area contributed by atoms with Crippen molar-refractivity contribution in [3.8, 4) is 56.2 Å². The van der Waals surface area contributed by atoms with Crippen molar-refractivity contribution in [2.75, 3.05) is 0 Å². The average molecular weight is 637 g/mol. The first kappa shape index (κ1) is 28.6. The molecule has 8 aromatic rings. The molecule has 0 saturated heterocycles. The van der Waals surface area contributed by atoms with Crippen LogP contribution in [0, 0.1) is 0 Å². The maximum absolute atomic E-state index is 5.25. The quantitative estimate of drug-likeness (QED) is 0.192. The zero-order valence-corrected chi connectivity index (χ0v) is 27.4. The number of hydrogen-bond acceptors (Lipinski definition) is 2. The molecule has 1 aromatic heterocycles. The predicted octanol–water partition coefficient (Wildman–Crippen LogP) is 11.4. The smallest absolute Gasteiger partial charge is 0.160 e. The summed E-state index contributed by atoms with van der Waals surface area (Å²) in [5, 5.41) is 0. The Morgan fingerprint density at radius 2 is 0.820 bits per heavy atom. The third-order valence-electron chi connectivity index (χ3n) is 10.6. The van der Waals surface area contributed by atoms with E-state index in [1.54, 1.807) is 0 Å². The molecule has 2 aliphatic rings. The summed E-state index contributed by atoms with van der Waals surface area (Å²) >= 11 is 0. The average Bonchev–Trinajstić information content (AvgIpc) is 3.48. The van der Waals surface area contributed by atoms with Gasteiger partial charge in [0.05, 0.1) is 16.8 Å². The van der Waals surface area contributed by atoms with Gasteiger partial charge in [-0.25, -0.2) is 9.97 Å². The van der Waals surface area contributed by atoms with Crippen molar-refractivity contribution >= 4 is 0 Å². The molecule has 0 aliphatic heterocycles. The molecule has 2 heteroatoms. The van der Waals surface area contributed by atoms with Crippen LogP contribution >= 0.6 is 0 Å². The minimum Gasteiger partial charge on any atom is -0.228 e. The highest BCUT2D eigenvalue weighted by atomic mass is 14.9. The Morgan fingerprint density at radius 3 is 1.50 bits per heavy atom. The Hall–Kier alpha value is -6.38. The third-order valence-corrected chi connectivity index (χ3v) is 10.6. The number of hydrogen-bond donors (Lipinski definition) is 0. The van der Waals surface area contributed by atoms with Gasteiger partial charge in [0.25, 0.3) is 0 Å². The molecule has 7 aromatic carbocycles.